The largest absolute Gasteiger partial charge is 0.271 e. The average molecular weight is 280 g/mol. The minimum Gasteiger partial charge on any atom is -0.267 e. The molecule has 0 aliphatic heterocycles. The molecule has 108 valence electrons. The Hall–Kier alpha value is -2.42. The lowest BCUT2D eigenvalue weighted by molar-refractivity contribution is 0.0955. The van der Waals surface area contributed by atoms with Crippen LogP contribution in [0.2, 0.25) is 0 Å². The summed E-state index contributed by atoms with van der Waals surface area (Å²) >= 11 is 0. The summed E-state index contributed by atoms with van der Waals surface area (Å²) in [7, 11) is 0. The van der Waals surface area contributed by atoms with Crippen molar-refractivity contribution in [2.75, 3.05) is 0 Å². The van der Waals surface area contributed by atoms with Crippen LogP contribution in [0.25, 0.3) is 0 Å². The molecule has 1 N–H and O–H groups in total. The first-order valence-corrected chi connectivity index (χ1v) is 7.06. The van der Waals surface area contributed by atoms with Gasteiger partial charge in [-0.15, -0.1) is 0 Å². The first kappa shape index (κ1) is 15.0. The Morgan fingerprint density at radius 2 is 1.86 bits per heavy atom. The van der Waals surface area contributed by atoms with Gasteiger partial charge in [-0.25, -0.2) is 5.43 Å². The van der Waals surface area contributed by atoms with E-state index in [0.717, 1.165) is 11.1 Å². The van der Waals surface area contributed by atoms with E-state index >= 15 is 0 Å². The highest BCUT2D eigenvalue weighted by atomic mass is 16.2. The van der Waals surface area contributed by atoms with Crippen LogP contribution < -0.4 is 5.43 Å². The van der Waals surface area contributed by atoms with Crippen LogP contribution >= 0.6 is 0 Å². The Bertz CT molecular complexity index is 643. The van der Waals surface area contributed by atoms with E-state index in [4.69, 9.17) is 0 Å². The third kappa shape index (κ3) is 4.28. The minimum atomic E-state index is -0.200. The number of carbonyl (C=O) groups is 1. The van der Waals surface area contributed by atoms with Gasteiger partial charge >= 0.3 is 0 Å². The summed E-state index contributed by atoms with van der Waals surface area (Å²) < 4.78 is 0. The van der Waals surface area contributed by atoms with Crippen molar-refractivity contribution >= 4 is 12.1 Å². The quantitative estimate of drug-likeness (QED) is 0.670. The Morgan fingerprint density at radius 3 is 2.48 bits per heavy atom. The number of hydrogen-bond acceptors (Lipinski definition) is 2. The molecule has 0 fully saturated rings. The van der Waals surface area contributed by atoms with Gasteiger partial charge in [0.05, 0.1) is 6.21 Å². The molecule has 0 atom stereocenters. The molecular weight excluding hydrogens is 260 g/mol. The highest BCUT2D eigenvalue weighted by Gasteiger charge is 2.05. The number of hydrazone groups is 1. The van der Waals surface area contributed by atoms with E-state index in [1.54, 1.807) is 6.21 Å². The number of nitrogens with one attached hydrogen (secondary N) is 1. The van der Waals surface area contributed by atoms with E-state index in [2.05, 4.69) is 24.4 Å². The van der Waals surface area contributed by atoms with Gasteiger partial charge in [0.15, 0.2) is 0 Å². The van der Waals surface area contributed by atoms with E-state index in [0.29, 0.717) is 11.5 Å². The Morgan fingerprint density at radius 1 is 1.14 bits per heavy atom. The van der Waals surface area contributed by atoms with Gasteiger partial charge in [-0.05, 0) is 36.1 Å². The van der Waals surface area contributed by atoms with Gasteiger partial charge in [-0.3, -0.25) is 4.79 Å². The zero-order chi connectivity index (χ0) is 15.2. The predicted octanol–water partition coefficient (Wildman–Crippen LogP) is 3.88. The third-order valence-corrected chi connectivity index (χ3v) is 3.26. The summed E-state index contributed by atoms with van der Waals surface area (Å²) in [4.78, 5) is 12.0. The van der Waals surface area contributed by atoms with Crippen LogP contribution in [-0.4, -0.2) is 12.1 Å². The van der Waals surface area contributed by atoms with Crippen molar-refractivity contribution in [2.24, 2.45) is 5.10 Å². The minimum absolute atomic E-state index is 0.200. The van der Waals surface area contributed by atoms with E-state index in [-0.39, 0.29) is 5.91 Å². The van der Waals surface area contributed by atoms with Crippen molar-refractivity contribution < 1.29 is 4.79 Å². The van der Waals surface area contributed by atoms with Crippen molar-refractivity contribution in [3.8, 4) is 0 Å². The topological polar surface area (TPSA) is 41.5 Å². The lowest BCUT2D eigenvalue weighted by Crippen LogP contribution is -2.17. The fourth-order valence-corrected chi connectivity index (χ4v) is 2.00. The highest BCUT2D eigenvalue weighted by molar-refractivity contribution is 5.94. The molecule has 0 unspecified atom stereocenters. The molecule has 0 saturated heterocycles. The number of amides is 1. The molecule has 0 heterocycles. The first-order valence-electron chi connectivity index (χ1n) is 7.06. The molecule has 0 radical (unpaired) electrons. The van der Waals surface area contributed by atoms with Crippen LogP contribution in [0.5, 0.6) is 0 Å². The molecule has 0 spiro atoms. The van der Waals surface area contributed by atoms with Crippen molar-refractivity contribution in [1.29, 1.82) is 0 Å². The average Bonchev–Trinajstić information content (AvgIpc) is 2.47. The molecule has 0 saturated carbocycles. The van der Waals surface area contributed by atoms with E-state index in [1.165, 1.54) is 5.56 Å². The van der Waals surface area contributed by atoms with Crippen molar-refractivity contribution in [1.82, 2.24) is 5.43 Å². The molecule has 0 aromatic heterocycles. The van der Waals surface area contributed by atoms with Crippen LogP contribution in [0, 0.1) is 6.92 Å². The van der Waals surface area contributed by atoms with Gasteiger partial charge in [0.1, 0.15) is 0 Å². The number of hydrogen-bond donors (Lipinski definition) is 1. The van der Waals surface area contributed by atoms with Crippen molar-refractivity contribution in [3.63, 3.8) is 0 Å². The summed E-state index contributed by atoms with van der Waals surface area (Å²) in [5.41, 5.74) is 6.50. The molecule has 3 heteroatoms. The maximum absolute atomic E-state index is 12.0. The van der Waals surface area contributed by atoms with Gasteiger partial charge in [0.25, 0.3) is 5.91 Å². The molecule has 21 heavy (non-hydrogen) atoms. The van der Waals surface area contributed by atoms with Gasteiger partial charge in [0, 0.05) is 5.56 Å². The zero-order valence-electron chi connectivity index (χ0n) is 12.6. The van der Waals surface area contributed by atoms with Crippen LogP contribution in [0.3, 0.4) is 0 Å². The molecule has 2 rings (SSSR count). The number of carbonyl (C=O) groups excluding carboxylic acids is 1. The Kier molecular flexibility index (Phi) is 4.88. The number of benzene rings is 2. The maximum Gasteiger partial charge on any atom is 0.271 e. The number of aryl methyl sites for hydroxylation is 1. The Labute approximate surface area is 125 Å². The second kappa shape index (κ2) is 6.84. The third-order valence-electron chi connectivity index (χ3n) is 3.26. The standard InChI is InChI=1S/C18H20N2O/c1-13(2)16-7-9-17(10-8-16)18(21)20-19-12-15-6-4-5-14(3)11-15/h4-13H,1-3H3,(H,20,21). The molecular formula is C18H20N2O. The normalized spacial score (nSPS) is 11.0. The second-order valence-electron chi connectivity index (χ2n) is 5.39. The fraction of sp³-hybridized carbons (Fsp3) is 0.222. The second-order valence-corrected chi connectivity index (χ2v) is 5.39. The fourth-order valence-electron chi connectivity index (χ4n) is 2.00. The number of nitrogens with zero attached hydrogens (tertiary/aromatic N) is 1. The summed E-state index contributed by atoms with van der Waals surface area (Å²) in [6.07, 6.45) is 1.65. The van der Waals surface area contributed by atoms with Crippen LogP contribution in [-0.2, 0) is 0 Å². The lowest BCUT2D eigenvalue weighted by Gasteiger charge is -2.05. The summed E-state index contributed by atoms with van der Waals surface area (Å²) in [5, 5.41) is 3.99. The van der Waals surface area contributed by atoms with Crippen LogP contribution in [0.1, 0.15) is 46.8 Å². The van der Waals surface area contributed by atoms with Gasteiger partial charge in [0.2, 0.25) is 0 Å². The predicted molar refractivity (Wildman–Crippen MR) is 86.8 cm³/mol. The summed E-state index contributed by atoms with van der Waals surface area (Å²) in [6.45, 7) is 6.27. The highest BCUT2D eigenvalue weighted by Crippen LogP contribution is 2.14. The SMILES string of the molecule is Cc1cccc(C=NNC(=O)c2ccc(C(C)C)cc2)c1. The maximum atomic E-state index is 12.0. The number of rotatable bonds is 4. The van der Waals surface area contributed by atoms with Crippen molar-refractivity contribution in [2.45, 2.75) is 26.7 Å². The van der Waals surface area contributed by atoms with E-state index < -0.39 is 0 Å². The van der Waals surface area contributed by atoms with E-state index in [1.807, 2.05) is 55.5 Å². The first-order chi connectivity index (χ1) is 10.1. The Balaban J connectivity index is 1.98. The van der Waals surface area contributed by atoms with E-state index in [9.17, 15) is 4.79 Å². The smallest absolute Gasteiger partial charge is 0.267 e. The molecule has 0 aliphatic carbocycles. The van der Waals surface area contributed by atoms with Crippen LogP contribution in [0.4, 0.5) is 0 Å². The summed E-state index contributed by atoms with van der Waals surface area (Å²) in [6, 6.07) is 15.5. The van der Waals surface area contributed by atoms with Crippen molar-refractivity contribution in [3.05, 3.63) is 70.8 Å². The van der Waals surface area contributed by atoms with Crippen LogP contribution in [0.15, 0.2) is 53.6 Å². The van der Waals surface area contributed by atoms with Gasteiger partial charge < -0.3 is 0 Å². The monoisotopic (exact) mass is 280 g/mol. The molecule has 0 aliphatic rings. The van der Waals surface area contributed by atoms with Gasteiger partial charge in [-0.1, -0.05) is 55.8 Å². The molecule has 3 nitrogen and oxygen atoms in total. The summed E-state index contributed by atoms with van der Waals surface area (Å²) in [5.74, 6) is 0.260. The molecule has 1 amide bonds. The molecule has 2 aromatic carbocycles. The van der Waals surface area contributed by atoms with Gasteiger partial charge in [-0.2, -0.15) is 5.10 Å². The zero-order valence-corrected chi connectivity index (χ0v) is 12.6. The molecule has 0 bridgehead atoms. The lowest BCUT2D eigenvalue weighted by atomic mass is 10.0. The molecule has 2 aromatic rings.